The highest BCUT2D eigenvalue weighted by Crippen LogP contribution is 2.15. The van der Waals surface area contributed by atoms with Gasteiger partial charge in [0.05, 0.1) is 12.2 Å². The monoisotopic (exact) mass is 519 g/mol. The van der Waals surface area contributed by atoms with Crippen LogP contribution < -0.4 is 10.1 Å². The summed E-state index contributed by atoms with van der Waals surface area (Å²) in [6, 6.07) is 9.29. The summed E-state index contributed by atoms with van der Waals surface area (Å²) in [5, 5.41) is 8.07. The smallest absolute Gasteiger partial charge is 0.194 e. The molecular formula is C19H27ClIN5O2. The third-order valence-electron chi connectivity index (χ3n) is 4.32. The summed E-state index contributed by atoms with van der Waals surface area (Å²) in [4.78, 5) is 9.38. The van der Waals surface area contributed by atoms with E-state index in [0.717, 1.165) is 56.7 Å². The molecule has 9 heteroatoms. The van der Waals surface area contributed by atoms with Gasteiger partial charge in [0.1, 0.15) is 18.6 Å². The van der Waals surface area contributed by atoms with Gasteiger partial charge in [-0.25, -0.2) is 4.99 Å². The largest absolute Gasteiger partial charge is 0.492 e. The third kappa shape index (κ3) is 7.14. The first kappa shape index (κ1) is 22.8. The maximum Gasteiger partial charge on any atom is 0.194 e. The number of rotatable bonds is 7. The van der Waals surface area contributed by atoms with Gasteiger partial charge in [-0.05, 0) is 31.2 Å². The highest BCUT2D eigenvalue weighted by atomic mass is 127. The van der Waals surface area contributed by atoms with Gasteiger partial charge < -0.3 is 19.5 Å². The van der Waals surface area contributed by atoms with E-state index in [9.17, 15) is 0 Å². The number of hydrogen-bond donors (Lipinski definition) is 1. The number of guanidine groups is 1. The molecule has 2 aromatic rings. The molecule has 1 fully saturated rings. The molecule has 1 saturated heterocycles. The SMILES string of the molecule is CCNC(=NCCOc1ccc(Cl)cc1)N1CCN(Cc2ccon2)CC1.I. The maximum absolute atomic E-state index is 5.88. The Morgan fingerprint density at radius 1 is 1.21 bits per heavy atom. The van der Waals surface area contributed by atoms with Crippen LogP contribution in [0.5, 0.6) is 5.75 Å². The van der Waals surface area contributed by atoms with Gasteiger partial charge >= 0.3 is 0 Å². The van der Waals surface area contributed by atoms with Crippen LogP contribution in [0.25, 0.3) is 0 Å². The van der Waals surface area contributed by atoms with E-state index in [0.29, 0.717) is 18.2 Å². The van der Waals surface area contributed by atoms with Gasteiger partial charge in [-0.3, -0.25) is 4.90 Å². The fraction of sp³-hybridized carbons (Fsp3) is 0.474. The summed E-state index contributed by atoms with van der Waals surface area (Å²) >= 11 is 5.88. The van der Waals surface area contributed by atoms with Crippen LogP contribution in [-0.2, 0) is 6.54 Å². The molecule has 0 aliphatic carbocycles. The molecule has 7 nitrogen and oxygen atoms in total. The number of nitrogens with zero attached hydrogens (tertiary/aromatic N) is 4. The topological polar surface area (TPSA) is 66.1 Å². The lowest BCUT2D eigenvalue weighted by atomic mass is 10.3. The van der Waals surface area contributed by atoms with Crippen LogP contribution in [0.15, 0.2) is 46.1 Å². The zero-order valence-corrected chi connectivity index (χ0v) is 19.1. The zero-order valence-electron chi connectivity index (χ0n) is 16.0. The van der Waals surface area contributed by atoms with Crippen molar-refractivity contribution < 1.29 is 9.26 Å². The van der Waals surface area contributed by atoms with Crippen LogP contribution >= 0.6 is 35.6 Å². The Kier molecular flexibility index (Phi) is 9.86. The number of benzene rings is 1. The Hall–Kier alpha value is -1.52. The second-order valence-electron chi connectivity index (χ2n) is 6.29. The number of ether oxygens (including phenoxy) is 1. The van der Waals surface area contributed by atoms with E-state index >= 15 is 0 Å². The van der Waals surface area contributed by atoms with Crippen molar-refractivity contribution in [3.63, 3.8) is 0 Å². The molecular weight excluding hydrogens is 493 g/mol. The summed E-state index contributed by atoms with van der Waals surface area (Å²) < 4.78 is 10.6. The van der Waals surface area contributed by atoms with Crippen molar-refractivity contribution in [2.45, 2.75) is 13.5 Å². The molecule has 1 aromatic heterocycles. The van der Waals surface area contributed by atoms with Crippen LogP contribution in [0.3, 0.4) is 0 Å². The second kappa shape index (κ2) is 12.1. The van der Waals surface area contributed by atoms with Crippen LogP contribution in [0.2, 0.25) is 5.02 Å². The van der Waals surface area contributed by atoms with Crippen molar-refractivity contribution in [2.24, 2.45) is 4.99 Å². The molecule has 154 valence electrons. The van der Waals surface area contributed by atoms with Gasteiger partial charge in [0.25, 0.3) is 0 Å². The van der Waals surface area contributed by atoms with E-state index in [-0.39, 0.29) is 24.0 Å². The molecule has 1 aliphatic rings. The van der Waals surface area contributed by atoms with E-state index in [2.05, 4.69) is 27.2 Å². The van der Waals surface area contributed by atoms with Gasteiger partial charge in [0.15, 0.2) is 5.96 Å². The number of aromatic nitrogens is 1. The molecule has 0 unspecified atom stereocenters. The summed E-state index contributed by atoms with van der Waals surface area (Å²) in [7, 11) is 0. The van der Waals surface area contributed by atoms with Crippen molar-refractivity contribution in [1.29, 1.82) is 0 Å². The lowest BCUT2D eigenvalue weighted by molar-refractivity contribution is 0.169. The molecule has 0 bridgehead atoms. The summed E-state index contributed by atoms with van der Waals surface area (Å²) in [5.41, 5.74) is 0.975. The van der Waals surface area contributed by atoms with E-state index in [1.807, 2.05) is 30.3 Å². The average Bonchev–Trinajstić information content (AvgIpc) is 3.19. The predicted molar refractivity (Wildman–Crippen MR) is 122 cm³/mol. The highest BCUT2D eigenvalue weighted by Gasteiger charge is 2.20. The Morgan fingerprint density at radius 2 is 1.96 bits per heavy atom. The first-order chi connectivity index (χ1) is 13.2. The first-order valence-electron chi connectivity index (χ1n) is 9.28. The van der Waals surface area contributed by atoms with Gasteiger partial charge in [-0.15, -0.1) is 24.0 Å². The third-order valence-corrected chi connectivity index (χ3v) is 4.57. The lowest BCUT2D eigenvalue weighted by Crippen LogP contribution is -2.52. The normalized spacial score (nSPS) is 15.2. The maximum atomic E-state index is 5.88. The van der Waals surface area contributed by atoms with Crippen molar-refractivity contribution in [3.05, 3.63) is 47.3 Å². The fourth-order valence-electron chi connectivity index (χ4n) is 2.94. The molecule has 0 atom stereocenters. The molecule has 0 saturated carbocycles. The minimum absolute atomic E-state index is 0. The van der Waals surface area contributed by atoms with Crippen LogP contribution in [-0.4, -0.2) is 66.8 Å². The van der Waals surface area contributed by atoms with Gasteiger partial charge in [0.2, 0.25) is 0 Å². The minimum atomic E-state index is 0. The quantitative estimate of drug-likeness (QED) is 0.262. The van der Waals surface area contributed by atoms with Crippen LogP contribution in [0.4, 0.5) is 0 Å². The van der Waals surface area contributed by atoms with E-state index in [1.165, 1.54) is 0 Å². The molecule has 1 aromatic carbocycles. The second-order valence-corrected chi connectivity index (χ2v) is 6.73. The van der Waals surface area contributed by atoms with Gasteiger partial charge in [0, 0.05) is 50.4 Å². The number of hydrogen-bond acceptors (Lipinski definition) is 5. The molecule has 1 N–H and O–H groups in total. The van der Waals surface area contributed by atoms with Crippen molar-refractivity contribution in [2.75, 3.05) is 45.9 Å². The number of nitrogens with one attached hydrogen (secondary N) is 1. The lowest BCUT2D eigenvalue weighted by Gasteiger charge is -2.36. The highest BCUT2D eigenvalue weighted by molar-refractivity contribution is 14.0. The molecule has 0 spiro atoms. The Bertz CT molecular complexity index is 704. The summed E-state index contributed by atoms with van der Waals surface area (Å²) in [5.74, 6) is 1.75. The summed E-state index contributed by atoms with van der Waals surface area (Å²) in [6.45, 7) is 8.69. The van der Waals surface area contributed by atoms with Crippen LogP contribution in [0, 0.1) is 0 Å². The summed E-state index contributed by atoms with van der Waals surface area (Å²) in [6.07, 6.45) is 1.62. The number of halogens is 2. The van der Waals surface area contributed by atoms with Crippen LogP contribution in [0.1, 0.15) is 12.6 Å². The van der Waals surface area contributed by atoms with E-state index < -0.39 is 0 Å². The van der Waals surface area contributed by atoms with E-state index in [4.69, 9.17) is 25.9 Å². The first-order valence-corrected chi connectivity index (χ1v) is 9.65. The Morgan fingerprint density at radius 3 is 2.61 bits per heavy atom. The molecule has 1 aliphatic heterocycles. The molecule has 28 heavy (non-hydrogen) atoms. The minimum Gasteiger partial charge on any atom is -0.492 e. The number of piperazine rings is 1. The zero-order chi connectivity index (χ0) is 18.9. The molecule has 2 heterocycles. The molecule has 0 amide bonds. The molecule has 0 radical (unpaired) electrons. The Labute approximate surface area is 188 Å². The number of aliphatic imine (C=N–C) groups is 1. The fourth-order valence-corrected chi connectivity index (χ4v) is 3.06. The van der Waals surface area contributed by atoms with E-state index in [1.54, 1.807) is 6.26 Å². The van der Waals surface area contributed by atoms with Gasteiger partial charge in [-0.1, -0.05) is 16.8 Å². The standard InChI is InChI=1S/C19H26ClN5O2.HI/c1-2-21-19(22-8-14-26-18-5-3-16(20)4-6-18)25-11-9-24(10-12-25)15-17-7-13-27-23-17;/h3-7,13H,2,8-12,14-15H2,1H3,(H,21,22);1H. The average molecular weight is 520 g/mol. The Balaban J connectivity index is 0.00000280. The predicted octanol–water partition coefficient (Wildman–Crippen LogP) is 3.11. The van der Waals surface area contributed by atoms with Crippen molar-refractivity contribution in [3.8, 4) is 5.75 Å². The van der Waals surface area contributed by atoms with Crippen molar-refractivity contribution in [1.82, 2.24) is 20.3 Å². The van der Waals surface area contributed by atoms with Gasteiger partial charge in [-0.2, -0.15) is 0 Å². The van der Waals surface area contributed by atoms with Crippen molar-refractivity contribution >= 4 is 41.5 Å². The molecule has 3 rings (SSSR count).